The van der Waals surface area contributed by atoms with Crippen molar-refractivity contribution in [3.05, 3.63) is 45.7 Å². The molecule has 25 heavy (non-hydrogen) atoms. The van der Waals surface area contributed by atoms with Crippen LogP contribution in [-0.4, -0.2) is 53.9 Å². The van der Waals surface area contributed by atoms with E-state index in [2.05, 4.69) is 16.9 Å². The third kappa shape index (κ3) is 2.97. The Kier molecular flexibility index (Phi) is 3.91. The van der Waals surface area contributed by atoms with Crippen molar-refractivity contribution in [3.8, 4) is 0 Å². The van der Waals surface area contributed by atoms with E-state index in [1.165, 1.54) is 12.8 Å². The van der Waals surface area contributed by atoms with Crippen LogP contribution < -0.4 is 5.56 Å². The maximum absolute atomic E-state index is 13.1. The summed E-state index contributed by atoms with van der Waals surface area (Å²) in [6, 6.07) is 7.25. The van der Waals surface area contributed by atoms with Gasteiger partial charge in [-0.25, -0.2) is 0 Å². The maximum atomic E-state index is 13.1. The number of aromatic nitrogens is 1. The van der Waals surface area contributed by atoms with Crippen LogP contribution in [0.25, 0.3) is 10.9 Å². The zero-order chi connectivity index (χ0) is 17.6. The highest BCUT2D eigenvalue weighted by molar-refractivity contribution is 5.98. The lowest BCUT2D eigenvalue weighted by atomic mass is 9.79. The quantitative estimate of drug-likeness (QED) is 0.868. The number of aryl methyl sites for hydroxylation is 1. The van der Waals surface area contributed by atoms with Crippen molar-refractivity contribution in [2.45, 2.75) is 26.2 Å². The molecular formula is C20H25N3O2. The zero-order valence-electron chi connectivity index (χ0n) is 15.0. The number of hydrogen-bond acceptors (Lipinski definition) is 3. The summed E-state index contributed by atoms with van der Waals surface area (Å²) < 4.78 is 0. The van der Waals surface area contributed by atoms with E-state index in [0.717, 1.165) is 49.1 Å². The van der Waals surface area contributed by atoms with Gasteiger partial charge in [0.05, 0.1) is 0 Å². The molecule has 0 radical (unpaired) electrons. The number of aromatic amines is 1. The predicted octanol–water partition coefficient (Wildman–Crippen LogP) is 2.39. The number of pyridine rings is 1. The molecule has 1 aromatic carbocycles. The van der Waals surface area contributed by atoms with Crippen molar-refractivity contribution in [2.24, 2.45) is 5.41 Å². The van der Waals surface area contributed by atoms with Crippen molar-refractivity contribution < 1.29 is 4.79 Å². The average Bonchev–Trinajstić information content (AvgIpc) is 2.93. The van der Waals surface area contributed by atoms with Crippen molar-refractivity contribution in [1.82, 2.24) is 14.8 Å². The van der Waals surface area contributed by atoms with Gasteiger partial charge in [0.1, 0.15) is 0 Å². The molecule has 1 atom stereocenters. The molecule has 1 N–H and O–H groups in total. The molecule has 5 heteroatoms. The van der Waals surface area contributed by atoms with Crippen molar-refractivity contribution >= 4 is 16.8 Å². The van der Waals surface area contributed by atoms with E-state index < -0.39 is 0 Å². The molecule has 132 valence electrons. The number of rotatable bonds is 1. The summed E-state index contributed by atoms with van der Waals surface area (Å²) in [6.45, 7) is 5.80. The Morgan fingerprint density at radius 1 is 1.16 bits per heavy atom. The molecule has 2 aromatic rings. The third-order valence-corrected chi connectivity index (χ3v) is 5.87. The Morgan fingerprint density at radius 3 is 2.76 bits per heavy atom. The summed E-state index contributed by atoms with van der Waals surface area (Å²) in [5.74, 6) is 0.0814. The number of nitrogens with zero attached hydrogens (tertiary/aromatic N) is 2. The van der Waals surface area contributed by atoms with E-state index in [1.54, 1.807) is 6.07 Å². The molecule has 3 heterocycles. The number of carbonyl (C=O) groups is 1. The van der Waals surface area contributed by atoms with Gasteiger partial charge in [0.2, 0.25) is 5.56 Å². The molecule has 0 aliphatic carbocycles. The number of piperidine rings is 1. The normalized spacial score (nSPS) is 24.3. The third-order valence-electron chi connectivity index (χ3n) is 5.87. The van der Waals surface area contributed by atoms with Gasteiger partial charge >= 0.3 is 0 Å². The lowest BCUT2D eigenvalue weighted by molar-refractivity contribution is 0.0535. The van der Waals surface area contributed by atoms with Crippen LogP contribution in [0.5, 0.6) is 0 Å². The van der Waals surface area contributed by atoms with E-state index in [4.69, 9.17) is 0 Å². The molecule has 5 nitrogen and oxygen atoms in total. The van der Waals surface area contributed by atoms with Gasteiger partial charge in [-0.05, 0) is 57.5 Å². The number of nitrogens with one attached hydrogen (secondary N) is 1. The number of likely N-dealkylation sites (tertiary alicyclic amines) is 2. The summed E-state index contributed by atoms with van der Waals surface area (Å²) >= 11 is 0. The van der Waals surface area contributed by atoms with Crippen molar-refractivity contribution in [1.29, 1.82) is 0 Å². The Hall–Kier alpha value is -2.14. The number of amides is 1. The molecule has 2 saturated heterocycles. The minimum atomic E-state index is -0.125. The molecule has 1 unspecified atom stereocenters. The van der Waals surface area contributed by atoms with Gasteiger partial charge in [-0.1, -0.05) is 6.07 Å². The SMILES string of the molecule is Cc1cc(=O)[nH]c2cc(C(=O)N3CCCC4(CCN(C)C4)C3)ccc12. The molecular weight excluding hydrogens is 314 g/mol. The summed E-state index contributed by atoms with van der Waals surface area (Å²) in [5, 5.41) is 0.990. The molecule has 1 amide bonds. The van der Waals surface area contributed by atoms with Gasteiger partial charge in [0.15, 0.2) is 0 Å². The van der Waals surface area contributed by atoms with Crippen LogP contribution in [0.4, 0.5) is 0 Å². The standard InChI is InChI=1S/C20H25N3O2/c1-14-10-18(24)21-17-11-15(4-5-16(14)17)19(25)23-8-3-6-20(13-23)7-9-22(2)12-20/h4-5,10-11H,3,6-9,12-13H2,1-2H3,(H,21,24). The monoisotopic (exact) mass is 339 g/mol. The largest absolute Gasteiger partial charge is 0.338 e. The van der Waals surface area contributed by atoms with Gasteiger partial charge in [-0.3, -0.25) is 9.59 Å². The molecule has 1 spiro atoms. The minimum Gasteiger partial charge on any atom is -0.338 e. The average molecular weight is 339 g/mol. The van der Waals surface area contributed by atoms with Gasteiger partial charge < -0.3 is 14.8 Å². The molecule has 2 fully saturated rings. The van der Waals surface area contributed by atoms with Gasteiger partial charge in [0.25, 0.3) is 5.91 Å². The first-order chi connectivity index (χ1) is 12.0. The van der Waals surface area contributed by atoms with E-state index in [0.29, 0.717) is 5.56 Å². The zero-order valence-corrected chi connectivity index (χ0v) is 15.0. The summed E-state index contributed by atoms with van der Waals surface area (Å²) in [5.41, 5.74) is 2.48. The highest BCUT2D eigenvalue weighted by Crippen LogP contribution is 2.38. The highest BCUT2D eigenvalue weighted by atomic mass is 16.2. The van der Waals surface area contributed by atoms with E-state index >= 15 is 0 Å². The molecule has 1 aromatic heterocycles. The Bertz CT molecular complexity index is 884. The van der Waals surface area contributed by atoms with Crippen LogP contribution in [0.3, 0.4) is 0 Å². The second kappa shape index (κ2) is 5.99. The molecule has 2 aliphatic rings. The Morgan fingerprint density at radius 2 is 2.00 bits per heavy atom. The van der Waals surface area contributed by atoms with E-state index in [1.807, 2.05) is 30.0 Å². The van der Waals surface area contributed by atoms with E-state index in [9.17, 15) is 9.59 Å². The lowest BCUT2D eigenvalue weighted by Crippen LogP contribution is -2.47. The number of fused-ring (bicyclic) bond motifs is 1. The van der Waals surface area contributed by atoms with Crippen LogP contribution in [0.1, 0.15) is 35.2 Å². The van der Waals surface area contributed by atoms with Crippen LogP contribution in [0, 0.1) is 12.3 Å². The molecule has 0 saturated carbocycles. The smallest absolute Gasteiger partial charge is 0.253 e. The maximum Gasteiger partial charge on any atom is 0.253 e. The first-order valence-corrected chi connectivity index (χ1v) is 9.07. The second-order valence-corrected chi connectivity index (χ2v) is 7.90. The fraction of sp³-hybridized carbons (Fsp3) is 0.500. The summed E-state index contributed by atoms with van der Waals surface area (Å²) in [7, 11) is 2.16. The molecule has 4 rings (SSSR count). The minimum absolute atomic E-state index is 0.0814. The molecule has 2 aliphatic heterocycles. The second-order valence-electron chi connectivity index (χ2n) is 7.90. The Balaban J connectivity index is 1.62. The number of hydrogen-bond donors (Lipinski definition) is 1. The molecule has 0 bridgehead atoms. The van der Waals surface area contributed by atoms with Gasteiger partial charge in [-0.2, -0.15) is 0 Å². The Labute approximate surface area is 147 Å². The summed E-state index contributed by atoms with van der Waals surface area (Å²) in [4.78, 5) is 32.0. The van der Waals surface area contributed by atoms with Crippen LogP contribution in [0.15, 0.2) is 29.1 Å². The fourth-order valence-corrected chi connectivity index (χ4v) is 4.62. The van der Waals surface area contributed by atoms with E-state index in [-0.39, 0.29) is 16.9 Å². The number of benzene rings is 1. The summed E-state index contributed by atoms with van der Waals surface area (Å²) in [6.07, 6.45) is 3.46. The van der Waals surface area contributed by atoms with Crippen LogP contribution in [-0.2, 0) is 0 Å². The van der Waals surface area contributed by atoms with Gasteiger partial charge in [0, 0.05) is 47.6 Å². The number of carbonyl (C=O) groups excluding carboxylic acids is 1. The van der Waals surface area contributed by atoms with Crippen molar-refractivity contribution in [2.75, 3.05) is 33.2 Å². The van der Waals surface area contributed by atoms with Gasteiger partial charge in [-0.15, -0.1) is 0 Å². The first-order valence-electron chi connectivity index (χ1n) is 9.07. The van der Waals surface area contributed by atoms with Crippen molar-refractivity contribution in [3.63, 3.8) is 0 Å². The highest BCUT2D eigenvalue weighted by Gasteiger charge is 2.41. The lowest BCUT2D eigenvalue weighted by Gasteiger charge is -2.40. The topological polar surface area (TPSA) is 56.4 Å². The first kappa shape index (κ1) is 16.3. The number of H-pyrrole nitrogens is 1. The van der Waals surface area contributed by atoms with Crippen LogP contribution >= 0.6 is 0 Å². The van der Waals surface area contributed by atoms with Crippen LogP contribution in [0.2, 0.25) is 0 Å². The predicted molar refractivity (Wildman–Crippen MR) is 99.0 cm³/mol. The fourth-order valence-electron chi connectivity index (χ4n) is 4.62.